The van der Waals surface area contributed by atoms with Gasteiger partial charge in [0, 0.05) is 13.1 Å². The second-order valence-electron chi connectivity index (χ2n) is 4.54. The lowest BCUT2D eigenvalue weighted by Crippen LogP contribution is -2.41. The molecule has 0 aliphatic carbocycles. The number of carbonyl (C=O) groups excluding carboxylic acids is 1. The van der Waals surface area contributed by atoms with Crippen LogP contribution in [0.15, 0.2) is 18.2 Å². The molecule has 1 amide bonds. The second-order valence-corrected chi connectivity index (χ2v) is 4.54. The Hall–Kier alpha value is -1.56. The highest BCUT2D eigenvalue weighted by Gasteiger charge is 2.36. The van der Waals surface area contributed by atoms with E-state index in [0.29, 0.717) is 18.5 Å². The summed E-state index contributed by atoms with van der Waals surface area (Å²) in [5.41, 5.74) is 0.279. The van der Waals surface area contributed by atoms with Crippen LogP contribution in [-0.2, 0) is 23.9 Å². The summed E-state index contributed by atoms with van der Waals surface area (Å²) >= 11 is 0. The van der Waals surface area contributed by atoms with Crippen LogP contribution in [0, 0.1) is 0 Å². The first kappa shape index (κ1) is 13.9. The predicted molar refractivity (Wildman–Crippen MR) is 64.5 cm³/mol. The summed E-state index contributed by atoms with van der Waals surface area (Å²) in [5, 5.41) is 2.72. The monoisotopic (exact) mass is 272 g/mol. The Bertz CT molecular complexity index is 485. The van der Waals surface area contributed by atoms with Gasteiger partial charge in [-0.3, -0.25) is 4.79 Å². The SMILES string of the molecule is CNCC(=O)N1CCc2cccc(C(F)(F)F)c2C1. The molecule has 0 saturated carbocycles. The number of halogens is 3. The van der Waals surface area contributed by atoms with Gasteiger partial charge in [0.15, 0.2) is 0 Å². The van der Waals surface area contributed by atoms with E-state index in [0.717, 1.165) is 6.07 Å². The summed E-state index contributed by atoms with van der Waals surface area (Å²) in [4.78, 5) is 13.2. The lowest BCUT2D eigenvalue weighted by molar-refractivity contribution is -0.140. The van der Waals surface area contributed by atoms with Crippen molar-refractivity contribution in [3.05, 3.63) is 34.9 Å². The summed E-state index contributed by atoms with van der Waals surface area (Å²) in [7, 11) is 1.64. The average molecular weight is 272 g/mol. The highest BCUT2D eigenvalue weighted by atomic mass is 19.4. The van der Waals surface area contributed by atoms with E-state index in [1.807, 2.05) is 0 Å². The minimum atomic E-state index is -4.37. The van der Waals surface area contributed by atoms with Crippen molar-refractivity contribution in [2.75, 3.05) is 20.1 Å². The molecule has 1 heterocycles. The van der Waals surface area contributed by atoms with Gasteiger partial charge in [-0.2, -0.15) is 13.2 Å². The number of fused-ring (bicyclic) bond motifs is 1. The molecule has 0 aromatic heterocycles. The third-order valence-electron chi connectivity index (χ3n) is 3.26. The molecule has 0 atom stereocenters. The summed E-state index contributed by atoms with van der Waals surface area (Å²) in [6.07, 6.45) is -3.91. The molecule has 1 aromatic carbocycles. The Morgan fingerprint density at radius 1 is 1.42 bits per heavy atom. The molecular formula is C13H15F3N2O. The van der Waals surface area contributed by atoms with Crippen molar-refractivity contribution in [1.29, 1.82) is 0 Å². The van der Waals surface area contributed by atoms with Gasteiger partial charge in [0.1, 0.15) is 0 Å². The maximum absolute atomic E-state index is 12.9. The number of benzene rings is 1. The van der Waals surface area contributed by atoms with Crippen LogP contribution in [0.1, 0.15) is 16.7 Å². The molecule has 1 aromatic rings. The molecule has 1 N–H and O–H groups in total. The number of rotatable bonds is 2. The molecule has 2 rings (SSSR count). The first-order chi connectivity index (χ1) is 8.93. The van der Waals surface area contributed by atoms with Gasteiger partial charge in [0.2, 0.25) is 5.91 Å². The molecule has 3 nitrogen and oxygen atoms in total. The van der Waals surface area contributed by atoms with Crippen LogP contribution in [0.5, 0.6) is 0 Å². The number of amides is 1. The number of hydrogen-bond acceptors (Lipinski definition) is 2. The van der Waals surface area contributed by atoms with E-state index in [4.69, 9.17) is 0 Å². The van der Waals surface area contributed by atoms with E-state index >= 15 is 0 Å². The quantitative estimate of drug-likeness (QED) is 0.890. The minimum absolute atomic E-state index is 0.0333. The fraction of sp³-hybridized carbons (Fsp3) is 0.462. The fourth-order valence-corrected chi connectivity index (χ4v) is 2.32. The average Bonchev–Trinajstić information content (AvgIpc) is 2.36. The highest BCUT2D eigenvalue weighted by Crippen LogP contribution is 2.35. The third-order valence-corrected chi connectivity index (χ3v) is 3.26. The molecular weight excluding hydrogens is 257 g/mol. The van der Waals surface area contributed by atoms with Gasteiger partial charge >= 0.3 is 6.18 Å². The van der Waals surface area contributed by atoms with Crippen LogP contribution in [0.3, 0.4) is 0 Å². The standard InChI is InChI=1S/C13H15F3N2O/c1-17-7-12(19)18-6-5-9-3-2-4-11(10(9)8-18)13(14,15)16/h2-4,17H,5-8H2,1H3. The van der Waals surface area contributed by atoms with Gasteiger partial charge in [-0.1, -0.05) is 12.1 Å². The van der Waals surface area contributed by atoms with Crippen LogP contribution in [0.25, 0.3) is 0 Å². The number of nitrogens with zero attached hydrogens (tertiary/aromatic N) is 1. The number of likely N-dealkylation sites (N-methyl/N-ethyl adjacent to an activating group) is 1. The Balaban J connectivity index is 2.30. The first-order valence-electron chi connectivity index (χ1n) is 6.04. The van der Waals surface area contributed by atoms with Crippen LogP contribution in [-0.4, -0.2) is 30.9 Å². The van der Waals surface area contributed by atoms with Crippen molar-refractivity contribution in [3.8, 4) is 0 Å². The van der Waals surface area contributed by atoms with Crippen molar-refractivity contribution < 1.29 is 18.0 Å². The molecule has 6 heteroatoms. The number of carbonyl (C=O) groups is 1. The van der Waals surface area contributed by atoms with E-state index in [9.17, 15) is 18.0 Å². The van der Waals surface area contributed by atoms with E-state index in [1.165, 1.54) is 11.0 Å². The van der Waals surface area contributed by atoms with Gasteiger partial charge < -0.3 is 10.2 Å². The zero-order valence-corrected chi connectivity index (χ0v) is 10.5. The largest absolute Gasteiger partial charge is 0.416 e. The maximum atomic E-state index is 12.9. The topological polar surface area (TPSA) is 32.3 Å². The van der Waals surface area contributed by atoms with Crippen LogP contribution >= 0.6 is 0 Å². The Kier molecular flexibility index (Phi) is 3.80. The summed E-state index contributed by atoms with van der Waals surface area (Å²) < 4.78 is 38.8. The third kappa shape index (κ3) is 2.89. The zero-order valence-electron chi connectivity index (χ0n) is 10.5. The predicted octanol–water partition coefficient (Wildman–Crippen LogP) is 1.81. The Morgan fingerprint density at radius 3 is 2.79 bits per heavy atom. The van der Waals surface area contributed by atoms with Crippen molar-refractivity contribution in [2.24, 2.45) is 0 Å². The van der Waals surface area contributed by atoms with Gasteiger partial charge in [-0.05, 0) is 30.7 Å². The minimum Gasteiger partial charge on any atom is -0.337 e. The van der Waals surface area contributed by atoms with Gasteiger partial charge in [0.25, 0.3) is 0 Å². The molecule has 0 radical (unpaired) electrons. The molecule has 0 unspecified atom stereocenters. The summed E-state index contributed by atoms with van der Waals surface area (Å²) in [5.74, 6) is -0.176. The molecule has 0 saturated heterocycles. The van der Waals surface area contributed by atoms with Crippen molar-refractivity contribution in [2.45, 2.75) is 19.1 Å². The normalized spacial score (nSPS) is 15.3. The van der Waals surface area contributed by atoms with Gasteiger partial charge in [0.05, 0.1) is 12.1 Å². The lowest BCUT2D eigenvalue weighted by Gasteiger charge is -2.30. The van der Waals surface area contributed by atoms with E-state index in [-0.39, 0.29) is 24.6 Å². The molecule has 1 aliphatic rings. The first-order valence-corrected chi connectivity index (χ1v) is 6.04. The van der Waals surface area contributed by atoms with Gasteiger partial charge in [-0.25, -0.2) is 0 Å². The van der Waals surface area contributed by atoms with Crippen molar-refractivity contribution in [1.82, 2.24) is 10.2 Å². The molecule has 19 heavy (non-hydrogen) atoms. The van der Waals surface area contributed by atoms with Crippen LogP contribution < -0.4 is 5.32 Å². The van der Waals surface area contributed by atoms with Crippen LogP contribution in [0.2, 0.25) is 0 Å². The van der Waals surface area contributed by atoms with Crippen molar-refractivity contribution in [3.63, 3.8) is 0 Å². The molecule has 104 valence electrons. The van der Waals surface area contributed by atoms with E-state index in [2.05, 4.69) is 5.32 Å². The zero-order chi connectivity index (χ0) is 14.0. The maximum Gasteiger partial charge on any atom is 0.416 e. The van der Waals surface area contributed by atoms with E-state index in [1.54, 1.807) is 13.1 Å². The summed E-state index contributed by atoms with van der Waals surface area (Å²) in [6, 6.07) is 4.20. The second kappa shape index (κ2) is 5.21. The number of hydrogen-bond donors (Lipinski definition) is 1. The van der Waals surface area contributed by atoms with Gasteiger partial charge in [-0.15, -0.1) is 0 Å². The van der Waals surface area contributed by atoms with Crippen molar-refractivity contribution >= 4 is 5.91 Å². The molecule has 0 spiro atoms. The lowest BCUT2D eigenvalue weighted by atomic mass is 9.94. The Morgan fingerprint density at radius 2 is 2.16 bits per heavy atom. The highest BCUT2D eigenvalue weighted by molar-refractivity contribution is 5.78. The number of alkyl halides is 3. The number of nitrogens with one attached hydrogen (secondary N) is 1. The molecule has 0 bridgehead atoms. The fourth-order valence-electron chi connectivity index (χ4n) is 2.32. The van der Waals surface area contributed by atoms with Crippen LogP contribution in [0.4, 0.5) is 13.2 Å². The smallest absolute Gasteiger partial charge is 0.337 e. The summed E-state index contributed by atoms with van der Waals surface area (Å²) in [6.45, 7) is 0.643. The van der Waals surface area contributed by atoms with E-state index < -0.39 is 11.7 Å². The molecule has 1 aliphatic heterocycles. The Labute approximate surface area is 109 Å². The molecule has 0 fully saturated rings.